The highest BCUT2D eigenvalue weighted by Gasteiger charge is 2.35. The average molecular weight is 536 g/mol. The minimum atomic E-state index is -0.492. The van der Waals surface area contributed by atoms with Crippen molar-refractivity contribution in [2.45, 2.75) is 26.9 Å². The zero-order valence-corrected chi connectivity index (χ0v) is 22.1. The first-order chi connectivity index (χ1) is 18.5. The van der Waals surface area contributed by atoms with Gasteiger partial charge >= 0.3 is 0 Å². The molecule has 8 nitrogen and oxygen atoms in total. The van der Waals surface area contributed by atoms with Crippen molar-refractivity contribution in [3.05, 3.63) is 82.9 Å². The SMILES string of the molecule is CCOc1ccc(N2C[C@@H](C(=O)N/N=C\c3ccc(OCc4ccc(Cl)cc4)c(OCC)c3)CC2=O)cc1. The van der Waals surface area contributed by atoms with E-state index in [0.717, 1.165) is 22.6 Å². The van der Waals surface area contributed by atoms with Crippen LogP contribution in [0.3, 0.4) is 0 Å². The van der Waals surface area contributed by atoms with E-state index < -0.39 is 5.92 Å². The lowest BCUT2D eigenvalue weighted by molar-refractivity contribution is -0.126. The van der Waals surface area contributed by atoms with E-state index in [1.165, 1.54) is 6.21 Å². The molecule has 9 heteroatoms. The highest BCUT2D eigenvalue weighted by molar-refractivity contribution is 6.30. The second-order valence-corrected chi connectivity index (χ2v) is 9.06. The molecule has 1 fully saturated rings. The normalized spacial score (nSPS) is 15.1. The van der Waals surface area contributed by atoms with Crippen LogP contribution in [0.1, 0.15) is 31.4 Å². The topological polar surface area (TPSA) is 89.5 Å². The molecule has 0 bridgehead atoms. The van der Waals surface area contributed by atoms with Crippen molar-refractivity contribution in [2.75, 3.05) is 24.7 Å². The van der Waals surface area contributed by atoms with Crippen LogP contribution in [0.4, 0.5) is 5.69 Å². The summed E-state index contributed by atoms with van der Waals surface area (Å²) in [6.07, 6.45) is 1.66. The van der Waals surface area contributed by atoms with E-state index in [9.17, 15) is 9.59 Å². The first-order valence-corrected chi connectivity index (χ1v) is 12.8. The number of hydrogen-bond acceptors (Lipinski definition) is 6. The number of carbonyl (C=O) groups excluding carboxylic acids is 2. The standard InChI is InChI=1S/C29H30ClN3O5/c1-3-36-25-12-10-24(11-13-25)33-18-22(16-28(33)34)29(35)32-31-17-21-7-14-26(27(15-21)37-4-2)38-19-20-5-8-23(30)9-6-20/h5-15,17,22H,3-4,16,18-19H2,1-2H3,(H,32,35)/b31-17-/t22-/m0/s1. The molecule has 0 unspecified atom stereocenters. The van der Waals surface area contributed by atoms with Crippen LogP contribution in [0.25, 0.3) is 0 Å². The molecule has 1 saturated heterocycles. The van der Waals surface area contributed by atoms with Gasteiger partial charge in [0.05, 0.1) is 25.3 Å². The van der Waals surface area contributed by atoms with Crippen molar-refractivity contribution >= 4 is 35.3 Å². The zero-order chi connectivity index (χ0) is 26.9. The maximum Gasteiger partial charge on any atom is 0.245 e. The maximum atomic E-state index is 12.7. The number of halogens is 1. The van der Waals surface area contributed by atoms with Crippen molar-refractivity contribution in [1.82, 2.24) is 5.43 Å². The van der Waals surface area contributed by atoms with Crippen molar-refractivity contribution in [3.8, 4) is 17.2 Å². The van der Waals surface area contributed by atoms with E-state index in [2.05, 4.69) is 10.5 Å². The van der Waals surface area contributed by atoms with Gasteiger partial charge in [0.2, 0.25) is 11.8 Å². The van der Waals surface area contributed by atoms with E-state index in [0.29, 0.717) is 42.9 Å². The first-order valence-electron chi connectivity index (χ1n) is 12.5. The fourth-order valence-corrected chi connectivity index (χ4v) is 4.14. The summed E-state index contributed by atoms with van der Waals surface area (Å²) in [4.78, 5) is 26.8. The molecule has 1 aliphatic heterocycles. The Balaban J connectivity index is 1.33. The van der Waals surface area contributed by atoms with Gasteiger partial charge in [0.1, 0.15) is 12.4 Å². The van der Waals surface area contributed by atoms with Crippen LogP contribution in [0, 0.1) is 5.92 Å². The minimum absolute atomic E-state index is 0.103. The predicted molar refractivity (Wildman–Crippen MR) is 147 cm³/mol. The monoisotopic (exact) mass is 535 g/mol. The van der Waals surface area contributed by atoms with Gasteiger partial charge in [0.15, 0.2) is 11.5 Å². The minimum Gasteiger partial charge on any atom is -0.494 e. The summed E-state index contributed by atoms with van der Waals surface area (Å²) >= 11 is 5.94. The van der Waals surface area contributed by atoms with Gasteiger partial charge in [-0.05, 0) is 79.6 Å². The molecule has 0 saturated carbocycles. The third kappa shape index (κ3) is 7.04. The summed E-state index contributed by atoms with van der Waals surface area (Å²) in [5.74, 6) is 1.00. The Morgan fingerprint density at radius 2 is 1.74 bits per heavy atom. The second kappa shape index (κ2) is 13.0. The molecular formula is C29H30ClN3O5. The van der Waals surface area contributed by atoms with Gasteiger partial charge in [-0.3, -0.25) is 9.59 Å². The largest absolute Gasteiger partial charge is 0.494 e. The summed E-state index contributed by atoms with van der Waals surface area (Å²) < 4.78 is 17.1. The molecule has 38 heavy (non-hydrogen) atoms. The van der Waals surface area contributed by atoms with Crippen molar-refractivity contribution in [1.29, 1.82) is 0 Å². The predicted octanol–water partition coefficient (Wildman–Crippen LogP) is 5.22. The summed E-state index contributed by atoms with van der Waals surface area (Å²) in [5.41, 5.74) is 5.00. The molecule has 3 aromatic carbocycles. The van der Waals surface area contributed by atoms with E-state index >= 15 is 0 Å². The number of ether oxygens (including phenoxy) is 3. The number of amides is 2. The number of benzene rings is 3. The van der Waals surface area contributed by atoms with Gasteiger partial charge in [-0.25, -0.2) is 5.43 Å². The molecule has 0 spiro atoms. The Kier molecular flexibility index (Phi) is 9.21. The third-order valence-corrected chi connectivity index (χ3v) is 6.17. The van der Waals surface area contributed by atoms with Crippen LogP contribution in [0.15, 0.2) is 71.8 Å². The summed E-state index contributed by atoms with van der Waals surface area (Å²) in [6.45, 7) is 5.50. The highest BCUT2D eigenvalue weighted by atomic mass is 35.5. The molecule has 3 aromatic rings. The third-order valence-electron chi connectivity index (χ3n) is 5.92. The van der Waals surface area contributed by atoms with Crippen LogP contribution in [0.2, 0.25) is 5.02 Å². The van der Waals surface area contributed by atoms with Gasteiger partial charge in [-0.1, -0.05) is 23.7 Å². The number of nitrogens with one attached hydrogen (secondary N) is 1. The van der Waals surface area contributed by atoms with E-state index in [-0.39, 0.29) is 18.2 Å². The second-order valence-electron chi connectivity index (χ2n) is 8.62. The van der Waals surface area contributed by atoms with Crippen molar-refractivity contribution in [2.24, 2.45) is 11.0 Å². The number of nitrogens with zero attached hydrogens (tertiary/aromatic N) is 2. The lowest BCUT2D eigenvalue weighted by atomic mass is 10.1. The zero-order valence-electron chi connectivity index (χ0n) is 21.4. The van der Waals surface area contributed by atoms with Crippen molar-refractivity contribution in [3.63, 3.8) is 0 Å². The highest BCUT2D eigenvalue weighted by Crippen LogP contribution is 2.29. The van der Waals surface area contributed by atoms with E-state index in [1.807, 2.05) is 68.4 Å². The molecule has 0 radical (unpaired) electrons. The fourth-order valence-electron chi connectivity index (χ4n) is 4.02. The molecule has 1 heterocycles. The molecule has 4 rings (SSSR count). The van der Waals surface area contributed by atoms with Crippen LogP contribution in [-0.4, -0.2) is 37.8 Å². The molecule has 1 N–H and O–H groups in total. The molecule has 1 atom stereocenters. The van der Waals surface area contributed by atoms with Crippen LogP contribution in [-0.2, 0) is 16.2 Å². The van der Waals surface area contributed by atoms with Gasteiger partial charge in [-0.15, -0.1) is 0 Å². The molecule has 198 valence electrons. The Labute approximate surface area is 227 Å². The van der Waals surface area contributed by atoms with Crippen molar-refractivity contribution < 1.29 is 23.8 Å². The Bertz CT molecular complexity index is 1280. The van der Waals surface area contributed by atoms with Crippen LogP contribution in [0.5, 0.6) is 17.2 Å². The Morgan fingerprint density at radius 1 is 1.00 bits per heavy atom. The average Bonchev–Trinajstić information content (AvgIpc) is 3.31. The van der Waals surface area contributed by atoms with Crippen LogP contribution < -0.4 is 24.5 Å². The van der Waals surface area contributed by atoms with Gasteiger partial charge < -0.3 is 19.1 Å². The Hall–Kier alpha value is -4.04. The van der Waals surface area contributed by atoms with E-state index in [4.69, 9.17) is 25.8 Å². The van der Waals surface area contributed by atoms with Gasteiger partial charge in [-0.2, -0.15) is 5.10 Å². The van der Waals surface area contributed by atoms with E-state index in [1.54, 1.807) is 17.0 Å². The smallest absolute Gasteiger partial charge is 0.245 e. The molecule has 1 aliphatic rings. The fraction of sp³-hybridized carbons (Fsp3) is 0.276. The molecule has 2 amide bonds. The Morgan fingerprint density at radius 3 is 2.45 bits per heavy atom. The summed E-state index contributed by atoms with van der Waals surface area (Å²) in [5, 5.41) is 4.76. The quantitative estimate of drug-likeness (QED) is 0.268. The molecule has 0 aromatic heterocycles. The number of hydrogen-bond donors (Lipinski definition) is 1. The lowest BCUT2D eigenvalue weighted by Gasteiger charge is -2.17. The number of rotatable bonds is 11. The number of hydrazone groups is 1. The maximum absolute atomic E-state index is 12.7. The van der Waals surface area contributed by atoms with Gasteiger partial charge in [0.25, 0.3) is 0 Å². The number of anilines is 1. The van der Waals surface area contributed by atoms with Crippen LogP contribution >= 0.6 is 11.6 Å². The number of carbonyl (C=O) groups is 2. The summed E-state index contributed by atoms with van der Waals surface area (Å²) in [6, 6.07) is 20.1. The summed E-state index contributed by atoms with van der Waals surface area (Å²) in [7, 11) is 0. The first kappa shape index (κ1) is 27.0. The van der Waals surface area contributed by atoms with Gasteiger partial charge in [0, 0.05) is 23.7 Å². The molecular weight excluding hydrogens is 506 g/mol. The lowest BCUT2D eigenvalue weighted by Crippen LogP contribution is -2.30. The molecule has 0 aliphatic carbocycles.